The van der Waals surface area contributed by atoms with Crippen molar-refractivity contribution >= 4 is 69.3 Å². The van der Waals surface area contributed by atoms with Gasteiger partial charge >= 0.3 is 5.97 Å². The smallest absolute Gasteiger partial charge is 0.303 e. The van der Waals surface area contributed by atoms with E-state index in [2.05, 4.69) is 0 Å². The first-order valence-corrected chi connectivity index (χ1v) is 23.9. The Bertz CT molecular complexity index is 2680. The minimum absolute atomic E-state index is 0.0430. The highest BCUT2D eigenvalue weighted by atomic mass is 32.2. The van der Waals surface area contributed by atoms with Crippen molar-refractivity contribution in [2.24, 2.45) is 0 Å². The monoisotopic (exact) mass is 887 g/mol. The lowest BCUT2D eigenvalue weighted by Gasteiger charge is -2.32. The largest absolute Gasteiger partial charge is 0.506 e. The topological polar surface area (TPSA) is 298 Å². The molecule has 0 fully saturated rings. The fourth-order valence-corrected chi connectivity index (χ4v) is 9.73. The van der Waals surface area contributed by atoms with Crippen LogP contribution >= 0.6 is 0 Å². The first-order chi connectivity index (χ1) is 26.6. The van der Waals surface area contributed by atoms with Crippen molar-refractivity contribution in [3.05, 3.63) is 82.3 Å². The van der Waals surface area contributed by atoms with Crippen LogP contribution in [0.15, 0.2) is 80.9 Å². The molecule has 2 heterocycles. The van der Waals surface area contributed by atoms with Crippen molar-refractivity contribution in [2.75, 3.05) is 29.5 Å². The number of aliphatic carboxylic acids is 1. The summed E-state index contributed by atoms with van der Waals surface area (Å²) in [4.78, 5) is 26.0. The number of aliphatic hydroxyl groups excluding tert-OH is 1. The summed E-state index contributed by atoms with van der Waals surface area (Å²) in [6.45, 7) is 4.91. The van der Waals surface area contributed by atoms with Crippen molar-refractivity contribution in [3.8, 4) is 0 Å². The van der Waals surface area contributed by atoms with Gasteiger partial charge in [0.25, 0.3) is 40.5 Å². The van der Waals surface area contributed by atoms with Crippen LogP contribution in [0.3, 0.4) is 0 Å². The molecule has 0 saturated heterocycles. The number of carboxylic acid groups (broad SMARTS) is 1. The predicted molar refractivity (Wildman–Crippen MR) is 209 cm³/mol. The number of benzene rings is 2. The Balaban J connectivity index is 1.66. The standard InChI is InChI=1S/C36H42N2O16S4/c1-35(2)26-18-22(57(49,50)51)9-11-28(26)37(14-6-16-55(43,44)45)30(35)20-24-33(41)25(34(24)42)21-31-36(3,13-5-4-8-32(39)40)27-19-23(58(52,53)54)10-12-29(27)38(31)15-7-17-56(46,47)48/h9-12,18-21H,4-8,13-17H2,1-3H3,(H5-,39,40,41,42,43,44,45,46,47,48,49,50,51,52,53,54)/p+1/t36-/m1/s1. The molecule has 0 bridgehead atoms. The van der Waals surface area contributed by atoms with E-state index in [0.29, 0.717) is 33.9 Å². The molecule has 2 aromatic rings. The van der Waals surface area contributed by atoms with Crippen molar-refractivity contribution in [1.29, 1.82) is 0 Å². The predicted octanol–water partition coefficient (Wildman–Crippen LogP) is 3.74. The third-order valence-corrected chi connectivity index (χ3v) is 13.9. The molecule has 18 nitrogen and oxygen atoms in total. The molecule has 1 atom stereocenters. The quantitative estimate of drug-likeness (QED) is 0.0570. The first kappa shape index (κ1) is 44.8. The number of ketones is 1. The van der Waals surface area contributed by atoms with Crippen LogP contribution in [0.25, 0.3) is 0 Å². The SMILES string of the molecule is CC1(C)C(C=C2C(=O)C(C=C3N(CCCS(=O)(=O)O)c4ccc(S(=O)(=O)O)cc4[C@@]3(C)CCCCC(=O)O)=C2O)=[N+](CCCS(=O)(=O)O)c2ccc(S(=O)(=O)O)cc21. The van der Waals surface area contributed by atoms with E-state index in [9.17, 15) is 71.7 Å². The van der Waals surface area contributed by atoms with Gasteiger partial charge in [-0.25, -0.2) is 0 Å². The molecular weight excluding hydrogens is 845 g/mol. The van der Waals surface area contributed by atoms with Crippen molar-refractivity contribution < 1.29 is 76.3 Å². The summed E-state index contributed by atoms with van der Waals surface area (Å²) in [5.41, 5.74) is -0.606. The van der Waals surface area contributed by atoms with Crippen molar-refractivity contribution in [1.82, 2.24) is 0 Å². The number of allylic oxidation sites excluding steroid dienone is 5. The summed E-state index contributed by atoms with van der Waals surface area (Å²) < 4.78 is 135. The molecule has 3 aliphatic rings. The number of anilines is 1. The van der Waals surface area contributed by atoms with Gasteiger partial charge in [0.15, 0.2) is 5.71 Å². The molecule has 2 aliphatic heterocycles. The second-order valence-electron chi connectivity index (χ2n) is 15.0. The number of hydrogen-bond donors (Lipinski definition) is 6. The molecule has 58 heavy (non-hydrogen) atoms. The Kier molecular flexibility index (Phi) is 12.1. The van der Waals surface area contributed by atoms with Gasteiger partial charge in [-0.15, -0.1) is 0 Å². The second-order valence-corrected chi connectivity index (χ2v) is 21.0. The van der Waals surface area contributed by atoms with Gasteiger partial charge in [0, 0.05) is 53.9 Å². The molecule has 316 valence electrons. The zero-order chi connectivity index (χ0) is 43.4. The molecule has 0 saturated carbocycles. The van der Waals surface area contributed by atoms with Crippen LogP contribution in [0.1, 0.15) is 70.4 Å². The van der Waals surface area contributed by atoms with Gasteiger partial charge in [0.05, 0.1) is 37.9 Å². The Morgan fingerprint density at radius 1 is 0.776 bits per heavy atom. The number of carbonyl (C=O) groups is 2. The van der Waals surface area contributed by atoms with Gasteiger partial charge in [0.2, 0.25) is 11.5 Å². The van der Waals surface area contributed by atoms with Gasteiger partial charge in [-0.1, -0.05) is 6.42 Å². The minimum Gasteiger partial charge on any atom is -0.506 e. The number of Topliss-reactive ketones (excluding diaryl/α,β-unsaturated/α-hetero) is 1. The van der Waals surface area contributed by atoms with E-state index < -0.39 is 90.1 Å². The van der Waals surface area contributed by atoms with Gasteiger partial charge in [-0.3, -0.25) is 27.8 Å². The molecule has 2 aromatic carbocycles. The number of carbonyl (C=O) groups excluding carboxylic acids is 1. The maximum atomic E-state index is 14.0. The molecule has 0 spiro atoms. The normalized spacial score (nSPS) is 20.9. The Morgan fingerprint density at radius 2 is 1.34 bits per heavy atom. The van der Waals surface area contributed by atoms with E-state index in [4.69, 9.17) is 0 Å². The molecule has 22 heteroatoms. The van der Waals surface area contributed by atoms with E-state index in [-0.39, 0.29) is 62.8 Å². The van der Waals surface area contributed by atoms with Crippen molar-refractivity contribution in [2.45, 2.75) is 79.9 Å². The maximum Gasteiger partial charge on any atom is 0.303 e. The molecule has 0 unspecified atom stereocenters. The van der Waals surface area contributed by atoms with Gasteiger partial charge in [-0.2, -0.15) is 38.2 Å². The van der Waals surface area contributed by atoms with Gasteiger partial charge in [0.1, 0.15) is 12.3 Å². The highest BCUT2D eigenvalue weighted by Crippen LogP contribution is 2.52. The highest BCUT2D eigenvalue weighted by Gasteiger charge is 2.49. The fraction of sp³-hybridized carbons (Fsp3) is 0.417. The number of fused-ring (bicyclic) bond motifs is 2. The fourth-order valence-electron chi connectivity index (χ4n) is 7.72. The van der Waals surface area contributed by atoms with Crippen LogP contribution < -0.4 is 4.90 Å². The zero-order valence-corrected chi connectivity index (χ0v) is 34.7. The first-order valence-electron chi connectivity index (χ1n) is 17.8. The average molecular weight is 888 g/mol. The number of unbranched alkanes of at least 4 members (excludes halogenated alkanes) is 1. The Hall–Kier alpha value is -4.29. The van der Waals surface area contributed by atoms with Crippen molar-refractivity contribution in [3.63, 3.8) is 0 Å². The molecule has 0 aromatic heterocycles. The van der Waals surface area contributed by atoms with Gasteiger partial charge in [-0.05, 0) is 82.0 Å². The summed E-state index contributed by atoms with van der Waals surface area (Å²) in [6.07, 6.45) is 2.93. The molecule has 0 radical (unpaired) electrons. The van der Waals surface area contributed by atoms with E-state index in [1.165, 1.54) is 36.4 Å². The summed E-state index contributed by atoms with van der Waals surface area (Å²) in [7, 11) is -18.2. The van der Waals surface area contributed by atoms with Gasteiger partial charge < -0.3 is 15.1 Å². The third-order valence-electron chi connectivity index (χ3n) is 10.6. The summed E-state index contributed by atoms with van der Waals surface area (Å²) in [5, 5.41) is 20.8. The number of nitrogens with zero attached hydrogens (tertiary/aromatic N) is 2. The number of hydrogen-bond acceptors (Lipinski definition) is 12. The average Bonchev–Trinajstić information content (AvgIpc) is 3.44. The number of carboxylic acids is 1. The molecular formula is C36H43N2O16S4+. The molecule has 6 N–H and O–H groups in total. The Labute approximate surface area is 335 Å². The molecule has 1 aliphatic carbocycles. The lowest BCUT2D eigenvalue weighted by atomic mass is 9.75. The highest BCUT2D eigenvalue weighted by molar-refractivity contribution is 7.86. The summed E-state index contributed by atoms with van der Waals surface area (Å²) in [6, 6.07) is 7.51. The van der Waals surface area contributed by atoms with Crippen LogP contribution in [0.4, 0.5) is 11.4 Å². The lowest BCUT2D eigenvalue weighted by Crippen LogP contribution is -2.33. The van der Waals surface area contributed by atoms with E-state index >= 15 is 0 Å². The summed E-state index contributed by atoms with van der Waals surface area (Å²) in [5.74, 6) is -3.51. The second kappa shape index (κ2) is 15.7. The lowest BCUT2D eigenvalue weighted by molar-refractivity contribution is -0.437. The maximum absolute atomic E-state index is 14.0. The zero-order valence-electron chi connectivity index (χ0n) is 31.5. The van der Waals surface area contributed by atoms with Crippen LogP contribution in [-0.2, 0) is 60.9 Å². The van der Waals surface area contributed by atoms with Crippen LogP contribution in [-0.4, -0.2) is 109 Å². The summed E-state index contributed by atoms with van der Waals surface area (Å²) >= 11 is 0. The van der Waals surface area contributed by atoms with Crippen LogP contribution in [0.2, 0.25) is 0 Å². The number of aliphatic hydroxyl groups is 1. The molecule has 5 rings (SSSR count). The number of rotatable bonds is 17. The molecule has 0 amide bonds. The Morgan fingerprint density at radius 3 is 1.90 bits per heavy atom. The third kappa shape index (κ3) is 9.28. The van der Waals surface area contributed by atoms with Crippen LogP contribution in [0, 0.1) is 0 Å². The van der Waals surface area contributed by atoms with E-state index in [1.807, 2.05) is 0 Å². The van der Waals surface area contributed by atoms with E-state index in [1.54, 1.807) is 30.2 Å². The van der Waals surface area contributed by atoms with E-state index in [0.717, 1.165) is 12.1 Å². The van der Waals surface area contributed by atoms with Crippen LogP contribution in [0.5, 0.6) is 0 Å². The minimum atomic E-state index is -4.72.